The Bertz CT molecular complexity index is 747. The SMILES string of the molecule is C[C@H]1O[C@H](OC[C@@H]2O[C@H](Oc3cc(CCO)ccc3O)[C@@H](O)[C@H](O)[C@H]2O)[C@@H](O)[C@@H](O)[C@@H]1O. The van der Waals surface area contributed by atoms with Gasteiger partial charge in [0.05, 0.1) is 12.7 Å². The number of aromatic hydroxyl groups is 1. The first-order valence-corrected chi connectivity index (χ1v) is 10.2. The van der Waals surface area contributed by atoms with Crippen molar-refractivity contribution in [2.75, 3.05) is 13.2 Å². The van der Waals surface area contributed by atoms with Gasteiger partial charge in [-0.25, -0.2) is 0 Å². The molecule has 0 amide bonds. The van der Waals surface area contributed by atoms with Crippen molar-refractivity contribution in [2.24, 2.45) is 0 Å². The van der Waals surface area contributed by atoms with Crippen molar-refractivity contribution in [3.05, 3.63) is 23.8 Å². The molecule has 0 spiro atoms. The van der Waals surface area contributed by atoms with Crippen LogP contribution in [-0.2, 0) is 20.6 Å². The second-order valence-corrected chi connectivity index (χ2v) is 7.92. The van der Waals surface area contributed by atoms with Crippen molar-refractivity contribution in [3.63, 3.8) is 0 Å². The fourth-order valence-electron chi connectivity index (χ4n) is 3.56. The third-order valence-electron chi connectivity index (χ3n) is 5.57. The molecule has 10 atom stereocenters. The van der Waals surface area contributed by atoms with Crippen LogP contribution < -0.4 is 4.74 Å². The summed E-state index contributed by atoms with van der Waals surface area (Å²) in [5, 5.41) is 79.5. The molecule has 0 saturated carbocycles. The van der Waals surface area contributed by atoms with E-state index in [0.717, 1.165) is 0 Å². The number of benzene rings is 1. The van der Waals surface area contributed by atoms with Gasteiger partial charge in [-0.3, -0.25) is 0 Å². The molecule has 0 radical (unpaired) electrons. The number of phenols is 1. The van der Waals surface area contributed by atoms with E-state index in [1.165, 1.54) is 19.1 Å². The van der Waals surface area contributed by atoms with Crippen molar-refractivity contribution in [2.45, 2.75) is 74.8 Å². The average molecular weight is 462 g/mol. The number of aliphatic hydroxyl groups excluding tert-OH is 7. The topological polar surface area (TPSA) is 199 Å². The lowest BCUT2D eigenvalue weighted by Crippen LogP contribution is -2.61. The smallest absolute Gasteiger partial charge is 0.229 e. The van der Waals surface area contributed by atoms with Gasteiger partial charge in [0.2, 0.25) is 6.29 Å². The van der Waals surface area contributed by atoms with Gasteiger partial charge in [0.25, 0.3) is 0 Å². The minimum atomic E-state index is -1.69. The quantitative estimate of drug-likeness (QED) is 0.204. The third-order valence-corrected chi connectivity index (χ3v) is 5.57. The Morgan fingerprint density at radius 1 is 0.844 bits per heavy atom. The van der Waals surface area contributed by atoms with Crippen LogP contribution in [0.2, 0.25) is 0 Å². The van der Waals surface area contributed by atoms with E-state index in [-0.39, 0.29) is 18.1 Å². The molecule has 182 valence electrons. The molecule has 12 heteroatoms. The fraction of sp³-hybridized carbons (Fsp3) is 0.700. The molecular formula is C20H30O12. The summed E-state index contributed by atoms with van der Waals surface area (Å²) in [6.07, 6.45) is -14.0. The number of rotatable bonds is 7. The maximum atomic E-state index is 10.3. The van der Waals surface area contributed by atoms with Crippen molar-refractivity contribution in [3.8, 4) is 11.5 Å². The van der Waals surface area contributed by atoms with Gasteiger partial charge in [-0.15, -0.1) is 0 Å². The standard InChI is InChI=1S/C20H30O12/c1-8-13(23)15(25)17(27)19(30-8)29-7-12-14(24)16(26)18(28)20(32-12)31-11-6-9(4-5-21)2-3-10(11)22/h2-3,6,8,12-28H,4-5,7H2,1H3/t8-,12+,13-,14+,15+,16-,17+,18+,19+,20+/m1/s1. The third kappa shape index (κ3) is 5.31. The number of ether oxygens (including phenoxy) is 4. The van der Waals surface area contributed by atoms with Crippen molar-refractivity contribution in [1.29, 1.82) is 0 Å². The van der Waals surface area contributed by atoms with E-state index >= 15 is 0 Å². The zero-order valence-electron chi connectivity index (χ0n) is 17.3. The van der Waals surface area contributed by atoms with Crippen LogP contribution in [0.5, 0.6) is 11.5 Å². The molecule has 1 aromatic carbocycles. The minimum absolute atomic E-state index is 0.0692. The first-order chi connectivity index (χ1) is 15.1. The summed E-state index contributed by atoms with van der Waals surface area (Å²) in [5.74, 6) is -0.337. The number of phenolic OH excluding ortho intramolecular Hbond substituents is 1. The predicted molar refractivity (Wildman–Crippen MR) is 105 cm³/mol. The molecule has 0 unspecified atom stereocenters. The van der Waals surface area contributed by atoms with Crippen LogP contribution in [0.15, 0.2) is 18.2 Å². The number of hydrogen-bond acceptors (Lipinski definition) is 12. The highest BCUT2D eigenvalue weighted by Crippen LogP contribution is 2.32. The predicted octanol–water partition coefficient (Wildman–Crippen LogP) is -3.04. The van der Waals surface area contributed by atoms with Gasteiger partial charge in [-0.1, -0.05) is 6.07 Å². The van der Waals surface area contributed by atoms with Gasteiger partial charge in [0.1, 0.15) is 42.7 Å². The average Bonchev–Trinajstić information content (AvgIpc) is 2.77. The van der Waals surface area contributed by atoms with Gasteiger partial charge in [0, 0.05) is 6.61 Å². The Labute approximate surface area is 183 Å². The largest absolute Gasteiger partial charge is 0.504 e. The molecule has 2 saturated heterocycles. The molecule has 2 heterocycles. The summed E-state index contributed by atoms with van der Waals surface area (Å²) >= 11 is 0. The highest BCUT2D eigenvalue weighted by Gasteiger charge is 2.47. The Morgan fingerprint density at radius 2 is 1.50 bits per heavy atom. The van der Waals surface area contributed by atoms with E-state index in [1.807, 2.05) is 0 Å². The first-order valence-electron chi connectivity index (χ1n) is 10.2. The molecule has 2 fully saturated rings. The summed E-state index contributed by atoms with van der Waals surface area (Å²) in [6, 6.07) is 4.35. The van der Waals surface area contributed by atoms with Crippen LogP contribution >= 0.6 is 0 Å². The fourth-order valence-corrected chi connectivity index (χ4v) is 3.56. The second-order valence-electron chi connectivity index (χ2n) is 7.92. The molecule has 3 rings (SSSR count). The molecule has 0 aromatic heterocycles. The molecule has 2 aliphatic rings. The maximum absolute atomic E-state index is 10.3. The summed E-state index contributed by atoms with van der Waals surface area (Å²) in [6.45, 7) is 0.915. The monoisotopic (exact) mass is 462 g/mol. The molecule has 12 nitrogen and oxygen atoms in total. The van der Waals surface area contributed by atoms with Crippen LogP contribution in [0.4, 0.5) is 0 Å². The maximum Gasteiger partial charge on any atom is 0.229 e. The molecule has 1 aromatic rings. The van der Waals surface area contributed by atoms with Gasteiger partial charge in [0.15, 0.2) is 17.8 Å². The molecule has 2 aliphatic heterocycles. The summed E-state index contributed by atoms with van der Waals surface area (Å²) in [7, 11) is 0. The lowest BCUT2D eigenvalue weighted by atomic mass is 9.98. The molecule has 0 aliphatic carbocycles. The lowest BCUT2D eigenvalue weighted by molar-refractivity contribution is -0.318. The zero-order chi connectivity index (χ0) is 23.6. The molecular weight excluding hydrogens is 432 g/mol. The summed E-state index contributed by atoms with van der Waals surface area (Å²) in [5.41, 5.74) is 0.643. The lowest BCUT2D eigenvalue weighted by Gasteiger charge is -2.42. The van der Waals surface area contributed by atoms with E-state index in [9.17, 15) is 35.7 Å². The Balaban J connectivity index is 1.67. The van der Waals surface area contributed by atoms with E-state index in [4.69, 9.17) is 24.1 Å². The minimum Gasteiger partial charge on any atom is -0.504 e. The van der Waals surface area contributed by atoms with Crippen LogP contribution in [-0.4, -0.2) is 115 Å². The van der Waals surface area contributed by atoms with Crippen molar-refractivity contribution in [1.82, 2.24) is 0 Å². The van der Waals surface area contributed by atoms with Crippen LogP contribution in [0.3, 0.4) is 0 Å². The molecule has 8 N–H and O–H groups in total. The van der Waals surface area contributed by atoms with Crippen LogP contribution in [0.1, 0.15) is 12.5 Å². The van der Waals surface area contributed by atoms with Gasteiger partial charge in [-0.2, -0.15) is 0 Å². The Hall–Kier alpha value is -1.58. The van der Waals surface area contributed by atoms with Gasteiger partial charge < -0.3 is 59.8 Å². The summed E-state index contributed by atoms with van der Waals surface area (Å²) in [4.78, 5) is 0. The van der Waals surface area contributed by atoms with Crippen LogP contribution in [0, 0.1) is 0 Å². The van der Waals surface area contributed by atoms with E-state index in [2.05, 4.69) is 0 Å². The Morgan fingerprint density at radius 3 is 2.19 bits per heavy atom. The molecule has 0 bridgehead atoms. The summed E-state index contributed by atoms with van der Waals surface area (Å²) < 4.78 is 21.7. The number of hydrogen-bond donors (Lipinski definition) is 8. The van der Waals surface area contributed by atoms with E-state index in [0.29, 0.717) is 12.0 Å². The van der Waals surface area contributed by atoms with E-state index in [1.54, 1.807) is 6.07 Å². The molecule has 32 heavy (non-hydrogen) atoms. The number of aliphatic hydroxyl groups is 7. The van der Waals surface area contributed by atoms with Crippen molar-refractivity contribution < 1.29 is 59.8 Å². The van der Waals surface area contributed by atoms with E-state index < -0.39 is 68.0 Å². The normalized spacial score (nSPS) is 40.2. The van der Waals surface area contributed by atoms with Gasteiger partial charge in [-0.05, 0) is 31.0 Å². The second kappa shape index (κ2) is 10.6. The van der Waals surface area contributed by atoms with Crippen LogP contribution in [0.25, 0.3) is 0 Å². The first kappa shape index (κ1) is 25.1. The highest BCUT2D eigenvalue weighted by atomic mass is 16.7. The van der Waals surface area contributed by atoms with Gasteiger partial charge >= 0.3 is 0 Å². The zero-order valence-corrected chi connectivity index (χ0v) is 17.3. The van der Waals surface area contributed by atoms with Crippen molar-refractivity contribution >= 4 is 0 Å². The Kier molecular flexibility index (Phi) is 8.27. The highest BCUT2D eigenvalue weighted by molar-refractivity contribution is 5.42.